The van der Waals surface area contributed by atoms with E-state index in [0.29, 0.717) is 28.8 Å². The van der Waals surface area contributed by atoms with Gasteiger partial charge in [-0.1, -0.05) is 6.07 Å². The van der Waals surface area contributed by atoms with Crippen molar-refractivity contribution < 1.29 is 13.7 Å². The van der Waals surface area contributed by atoms with Crippen molar-refractivity contribution >= 4 is 28.3 Å². The van der Waals surface area contributed by atoms with Crippen molar-refractivity contribution in [1.29, 1.82) is 0 Å². The first kappa shape index (κ1) is 18.7. The van der Waals surface area contributed by atoms with Crippen LogP contribution in [0.3, 0.4) is 0 Å². The van der Waals surface area contributed by atoms with Crippen LogP contribution in [0, 0.1) is 5.82 Å². The number of fused-ring (bicyclic) bond motifs is 1. The molecule has 3 heterocycles. The highest BCUT2D eigenvalue weighted by atomic mass is 32.2. The lowest BCUT2D eigenvalue weighted by Crippen LogP contribution is -2.47. The lowest BCUT2D eigenvalue weighted by atomic mass is 10.2. The molecule has 1 unspecified atom stereocenters. The van der Waals surface area contributed by atoms with Gasteiger partial charge in [0.25, 0.3) is 0 Å². The van der Waals surface area contributed by atoms with Crippen molar-refractivity contribution in [2.45, 2.75) is 29.7 Å². The Morgan fingerprint density at radius 1 is 1.17 bits per heavy atom. The van der Waals surface area contributed by atoms with Crippen molar-refractivity contribution in [3.8, 4) is 0 Å². The minimum Gasteiger partial charge on any atom is -0.394 e. The monoisotopic (exact) mass is 417 g/mol. The maximum absolute atomic E-state index is 13.5. The summed E-state index contributed by atoms with van der Waals surface area (Å²) >= 11 is 0. The van der Waals surface area contributed by atoms with E-state index in [1.807, 2.05) is 6.07 Å². The first-order chi connectivity index (χ1) is 14.1. The number of anilines is 3. The van der Waals surface area contributed by atoms with E-state index >= 15 is 0 Å². The minimum absolute atomic E-state index is 0.0417. The summed E-state index contributed by atoms with van der Waals surface area (Å²) in [4.78, 5) is 14.4. The lowest BCUT2D eigenvalue weighted by molar-refractivity contribution is 0.265. The molecule has 1 aromatic carbocycles. The summed E-state index contributed by atoms with van der Waals surface area (Å²) in [6.07, 6.45) is 2.45. The molecule has 154 valence electrons. The number of aryl methyl sites for hydroxylation is 1. The van der Waals surface area contributed by atoms with E-state index in [2.05, 4.69) is 15.1 Å². The zero-order valence-electron chi connectivity index (χ0n) is 16.1. The highest BCUT2D eigenvalue weighted by Crippen LogP contribution is 2.41. The van der Waals surface area contributed by atoms with E-state index < -0.39 is 10.8 Å². The SMILES string of the molecule is O=S1CCc2nc(N3CCN(c4cccc(F)c4)CC3)nc(NC3(CO)CC3)c21. The van der Waals surface area contributed by atoms with Gasteiger partial charge in [0.2, 0.25) is 5.95 Å². The van der Waals surface area contributed by atoms with Crippen LogP contribution in [0.25, 0.3) is 0 Å². The molecule has 2 aliphatic heterocycles. The van der Waals surface area contributed by atoms with Crippen LogP contribution >= 0.6 is 0 Å². The molecule has 1 saturated heterocycles. The molecule has 0 spiro atoms. The number of piperazine rings is 1. The molecule has 2 aromatic rings. The number of halogens is 1. The molecule has 2 N–H and O–H groups in total. The predicted octanol–water partition coefficient (Wildman–Crippen LogP) is 1.54. The van der Waals surface area contributed by atoms with E-state index in [4.69, 9.17) is 9.97 Å². The number of aromatic nitrogens is 2. The van der Waals surface area contributed by atoms with E-state index in [0.717, 1.165) is 50.4 Å². The molecule has 3 aliphatic rings. The Balaban J connectivity index is 1.37. The van der Waals surface area contributed by atoms with Crippen LogP contribution in [0.1, 0.15) is 18.5 Å². The van der Waals surface area contributed by atoms with Crippen molar-refractivity contribution in [1.82, 2.24) is 9.97 Å². The van der Waals surface area contributed by atoms with Gasteiger partial charge in [-0.05, 0) is 31.0 Å². The van der Waals surface area contributed by atoms with Crippen molar-refractivity contribution in [3.05, 3.63) is 35.8 Å². The molecule has 1 aromatic heterocycles. The number of benzene rings is 1. The van der Waals surface area contributed by atoms with Gasteiger partial charge in [-0.25, -0.2) is 9.37 Å². The zero-order valence-corrected chi connectivity index (χ0v) is 16.9. The fourth-order valence-corrected chi connectivity index (χ4v) is 5.28. The minimum atomic E-state index is -1.10. The highest BCUT2D eigenvalue weighted by molar-refractivity contribution is 7.85. The molecule has 7 nitrogen and oxygen atoms in total. The second-order valence-electron chi connectivity index (χ2n) is 7.97. The zero-order chi connectivity index (χ0) is 20.0. The molecule has 9 heteroatoms. The summed E-state index contributed by atoms with van der Waals surface area (Å²) < 4.78 is 26.0. The summed E-state index contributed by atoms with van der Waals surface area (Å²) in [6, 6.07) is 6.66. The van der Waals surface area contributed by atoms with Crippen LogP contribution in [0.4, 0.5) is 21.8 Å². The Morgan fingerprint density at radius 3 is 2.62 bits per heavy atom. The number of rotatable bonds is 5. The molecule has 1 atom stereocenters. The normalized spacial score (nSPS) is 22.5. The third-order valence-electron chi connectivity index (χ3n) is 5.95. The summed E-state index contributed by atoms with van der Waals surface area (Å²) in [6.45, 7) is 2.99. The fraction of sp³-hybridized carbons (Fsp3) is 0.500. The first-order valence-corrected chi connectivity index (χ1v) is 11.3. The first-order valence-electron chi connectivity index (χ1n) is 10.0. The van der Waals surface area contributed by atoms with Crippen LogP contribution in [0.2, 0.25) is 0 Å². The smallest absolute Gasteiger partial charge is 0.227 e. The molecular weight excluding hydrogens is 393 g/mol. The van der Waals surface area contributed by atoms with Gasteiger partial charge in [-0.2, -0.15) is 4.98 Å². The molecule has 2 fully saturated rings. The molecule has 0 radical (unpaired) electrons. The lowest BCUT2D eigenvalue weighted by Gasteiger charge is -2.36. The number of hydrogen-bond donors (Lipinski definition) is 2. The second kappa shape index (κ2) is 7.21. The van der Waals surface area contributed by atoms with Gasteiger partial charge in [0.15, 0.2) is 0 Å². The molecule has 0 amide bonds. The molecule has 1 saturated carbocycles. The average molecular weight is 418 g/mol. The Kier molecular flexibility index (Phi) is 4.66. The largest absolute Gasteiger partial charge is 0.394 e. The van der Waals surface area contributed by atoms with Crippen LogP contribution in [-0.2, 0) is 17.2 Å². The van der Waals surface area contributed by atoms with Crippen molar-refractivity contribution in [2.75, 3.05) is 53.7 Å². The third-order valence-corrected chi connectivity index (χ3v) is 7.41. The quantitative estimate of drug-likeness (QED) is 0.764. The Bertz CT molecular complexity index is 960. The van der Waals surface area contributed by atoms with E-state index in [1.54, 1.807) is 12.1 Å². The predicted molar refractivity (Wildman–Crippen MR) is 111 cm³/mol. The highest BCUT2D eigenvalue weighted by Gasteiger charge is 2.44. The van der Waals surface area contributed by atoms with Gasteiger partial charge >= 0.3 is 0 Å². The number of nitrogens with zero attached hydrogens (tertiary/aromatic N) is 4. The summed E-state index contributed by atoms with van der Waals surface area (Å²) in [7, 11) is -1.10. The Hall–Kier alpha value is -2.26. The van der Waals surface area contributed by atoms with Crippen molar-refractivity contribution in [2.24, 2.45) is 0 Å². The van der Waals surface area contributed by atoms with Gasteiger partial charge in [0, 0.05) is 44.0 Å². The standard InChI is InChI=1S/C20H24FN5O2S/c21-14-2-1-3-15(12-14)25-7-9-26(10-8-25)19-22-16-4-11-29(28)17(16)18(23-19)24-20(13-27)5-6-20/h1-3,12,27H,4-11,13H2,(H,22,23,24). The van der Waals surface area contributed by atoms with E-state index in [-0.39, 0.29) is 18.0 Å². The van der Waals surface area contributed by atoms with Gasteiger partial charge in [0.05, 0.1) is 28.6 Å². The molecule has 0 bridgehead atoms. The number of nitrogens with one attached hydrogen (secondary N) is 1. The Labute approximate surface area is 171 Å². The number of aliphatic hydroxyl groups is 1. The van der Waals surface area contributed by atoms with E-state index in [9.17, 15) is 13.7 Å². The summed E-state index contributed by atoms with van der Waals surface area (Å²) in [5.41, 5.74) is 1.40. The fourth-order valence-electron chi connectivity index (χ4n) is 3.97. The number of aliphatic hydroxyl groups excluding tert-OH is 1. The maximum atomic E-state index is 13.5. The van der Waals surface area contributed by atoms with Gasteiger partial charge < -0.3 is 20.2 Å². The van der Waals surface area contributed by atoms with Gasteiger partial charge in [0.1, 0.15) is 16.5 Å². The van der Waals surface area contributed by atoms with Crippen LogP contribution in [0.15, 0.2) is 29.2 Å². The van der Waals surface area contributed by atoms with Gasteiger partial charge in [-0.15, -0.1) is 0 Å². The summed E-state index contributed by atoms with van der Waals surface area (Å²) in [5, 5.41) is 13.0. The van der Waals surface area contributed by atoms with Crippen molar-refractivity contribution in [3.63, 3.8) is 0 Å². The maximum Gasteiger partial charge on any atom is 0.227 e. The van der Waals surface area contributed by atoms with Crippen LogP contribution in [0.5, 0.6) is 0 Å². The molecule has 29 heavy (non-hydrogen) atoms. The Morgan fingerprint density at radius 2 is 1.93 bits per heavy atom. The second-order valence-corrected chi connectivity index (χ2v) is 9.47. The molecular formula is C20H24FN5O2S. The topological polar surface area (TPSA) is 81.6 Å². The van der Waals surface area contributed by atoms with E-state index in [1.165, 1.54) is 6.07 Å². The van der Waals surface area contributed by atoms with Crippen LogP contribution < -0.4 is 15.1 Å². The molecule has 5 rings (SSSR count). The van der Waals surface area contributed by atoms with Crippen LogP contribution in [-0.4, -0.2) is 63.4 Å². The molecule has 1 aliphatic carbocycles. The third kappa shape index (κ3) is 3.57. The average Bonchev–Trinajstić information content (AvgIpc) is 3.42. The van der Waals surface area contributed by atoms with Gasteiger partial charge in [-0.3, -0.25) is 4.21 Å². The summed E-state index contributed by atoms with van der Waals surface area (Å²) in [5.74, 6) is 1.59. The number of hydrogen-bond acceptors (Lipinski definition) is 7.